The number of carbonyl (C=O) groups is 3. The molecule has 150 heavy (non-hydrogen) atoms. The molecule has 17 atom stereocenters. The molecule has 0 radical (unpaired) electrons. The van der Waals surface area contributed by atoms with Crippen LogP contribution in [0.2, 0.25) is 15.1 Å². The molecule has 6 aliphatic carbocycles. The van der Waals surface area contributed by atoms with Gasteiger partial charge in [0, 0.05) is 124 Å². The molecule has 3 spiro atoms. The lowest BCUT2D eigenvalue weighted by molar-refractivity contribution is -0.242. The van der Waals surface area contributed by atoms with E-state index in [0.717, 1.165) is 249 Å². The highest BCUT2D eigenvalue weighted by Crippen LogP contribution is 2.56. The Morgan fingerprint density at radius 3 is 1.07 bits per heavy atom. The molecule has 33 heteroatoms. The van der Waals surface area contributed by atoms with E-state index in [1.54, 1.807) is 25.3 Å². The minimum atomic E-state index is -3.87. The van der Waals surface area contributed by atoms with Gasteiger partial charge in [0.15, 0.2) is 18.9 Å². The van der Waals surface area contributed by atoms with Crippen LogP contribution in [0.5, 0.6) is 17.2 Å². The molecule has 21 rings (SSSR count). The van der Waals surface area contributed by atoms with Crippen molar-refractivity contribution in [1.82, 2.24) is 28.9 Å². The maximum atomic E-state index is 14.0. The van der Waals surface area contributed by atoms with Crippen LogP contribution in [0.3, 0.4) is 0 Å². The molecule has 6 fully saturated rings. The van der Waals surface area contributed by atoms with Crippen LogP contribution in [0.1, 0.15) is 253 Å². The Kier molecular flexibility index (Phi) is 35.4. The molecule has 9 aliphatic heterocycles. The van der Waals surface area contributed by atoms with Gasteiger partial charge >= 0.3 is 0 Å². The number of carbonyl (C=O) groups excluding carboxylic acids is 3. The van der Waals surface area contributed by atoms with Gasteiger partial charge in [0.1, 0.15) is 17.2 Å². The first kappa shape index (κ1) is 111. The maximum Gasteiger partial charge on any atom is 0.264 e. The fourth-order valence-corrected chi connectivity index (χ4v) is 32.8. The van der Waals surface area contributed by atoms with Crippen LogP contribution in [0.15, 0.2) is 109 Å². The van der Waals surface area contributed by atoms with E-state index in [2.05, 4.69) is 128 Å². The lowest BCUT2D eigenvalue weighted by Crippen LogP contribution is -2.52. The van der Waals surface area contributed by atoms with Crippen LogP contribution in [0, 0.1) is 59.2 Å². The van der Waals surface area contributed by atoms with Crippen LogP contribution < -0.4 is 43.1 Å². The van der Waals surface area contributed by atoms with E-state index in [1.807, 2.05) is 75.4 Å². The molecule has 0 aromatic heterocycles. The lowest BCUT2D eigenvalue weighted by Gasteiger charge is -2.49. The minimum Gasteiger partial charge on any atom is -0.490 e. The summed E-state index contributed by atoms with van der Waals surface area (Å²) in [4.78, 5) is 54.9. The summed E-state index contributed by atoms with van der Waals surface area (Å²) in [5.74, 6) is 8.18. The first-order chi connectivity index (χ1) is 72.1. The van der Waals surface area contributed by atoms with Crippen LogP contribution in [-0.4, -0.2) is 266 Å². The Labute approximate surface area is 906 Å². The number of likely N-dealkylation sites (N-methyl/N-ethyl adjacent to an activating group) is 3. The van der Waals surface area contributed by atoms with Crippen molar-refractivity contribution in [3.05, 3.63) is 174 Å². The topological polar surface area (TPSA) is 284 Å². The van der Waals surface area contributed by atoms with Crippen molar-refractivity contribution < 1.29 is 82.8 Å². The summed E-state index contributed by atoms with van der Waals surface area (Å²) < 4.78 is 140. The number of ether oxygens (including phenoxy) is 10. The number of nitrogens with zero attached hydrogens (tertiary/aromatic N) is 6. The highest BCUT2D eigenvalue weighted by molar-refractivity contribution is 7.99. The number of nitrogens with one attached hydrogen (secondary N) is 3. The number of anilines is 3. The predicted octanol–water partition coefficient (Wildman–Crippen LogP) is 18.7. The fraction of sp³-hybridized carbons (Fsp3) is 0.658. The van der Waals surface area contributed by atoms with Gasteiger partial charge in [-0.2, -0.15) is 0 Å². The van der Waals surface area contributed by atoms with Crippen molar-refractivity contribution in [2.75, 3.05) is 169 Å². The molecule has 9 heterocycles. The first-order valence-electron chi connectivity index (χ1n) is 56.1. The van der Waals surface area contributed by atoms with Crippen molar-refractivity contribution in [1.29, 1.82) is 0 Å². The number of hydrogen-bond acceptors (Lipinski definition) is 24. The van der Waals surface area contributed by atoms with Crippen molar-refractivity contribution in [2.24, 2.45) is 59.2 Å². The third-order valence-electron chi connectivity index (χ3n) is 37.6. The molecule has 6 aromatic carbocycles. The molecule has 6 aromatic rings. The van der Waals surface area contributed by atoms with Crippen LogP contribution in [-0.2, 0) is 98.4 Å². The molecule has 3 saturated heterocycles. The molecular formula is C117H162Cl3N9O18S3. The summed E-state index contributed by atoms with van der Waals surface area (Å²) in [6.07, 6.45) is 25.0. The van der Waals surface area contributed by atoms with Gasteiger partial charge < -0.3 is 71.9 Å². The van der Waals surface area contributed by atoms with Crippen LogP contribution in [0.25, 0.3) is 0 Å². The molecule has 3 N–H and O–H groups in total. The van der Waals surface area contributed by atoms with Crippen LogP contribution in [0.4, 0.5) is 17.1 Å². The number of fused-ring (bicyclic) bond motifs is 12. The predicted molar refractivity (Wildman–Crippen MR) is 593 cm³/mol. The Bertz CT molecular complexity index is 5870. The van der Waals surface area contributed by atoms with Gasteiger partial charge in [-0.25, -0.2) is 30.5 Å². The van der Waals surface area contributed by atoms with E-state index in [4.69, 9.17) is 82.2 Å². The molecule has 3 saturated carbocycles. The molecule has 27 nitrogen and oxygen atoms in total. The Morgan fingerprint density at radius 1 is 0.407 bits per heavy atom. The Hall–Kier alpha value is -7.08. The molecule has 1 unspecified atom stereocenters. The summed E-state index contributed by atoms with van der Waals surface area (Å²) in [7, 11) is 1.44. The van der Waals surface area contributed by atoms with Gasteiger partial charge in [0.25, 0.3) is 17.7 Å². The number of methoxy groups -OCH3 is 1. The van der Waals surface area contributed by atoms with Crippen molar-refractivity contribution in [3.8, 4) is 17.2 Å². The van der Waals surface area contributed by atoms with E-state index < -0.39 is 52.1 Å². The zero-order valence-electron chi connectivity index (χ0n) is 89.8. The maximum absolute atomic E-state index is 14.0. The second kappa shape index (κ2) is 47.8. The van der Waals surface area contributed by atoms with Crippen LogP contribution >= 0.6 is 34.8 Å². The monoisotopic (exact) mass is 2180 g/mol. The first-order valence-corrected chi connectivity index (χ1v) is 62.1. The standard InChI is InChI=1S/C41H58ClN3O6S.2C38H52ClN3O6S/c1-27-8-6-10-35(40-49-23-33(24-50-40)44(3)18-19-48-4)34-14-11-31(34)22-45-25-41(17-7-9-29-20-32(42)13-15-36(29)41)26-51-38-16-12-30(21-37(38)45)39(46)43-52(5,47)28(27)2;2*1-4-30-9-5-6-10-32(37-46-21-29(22-47-37)41(2)3)31-14-11-27(31)20-42-23-38(17-7-8-25-18-28(39)13-15-33(25)38)24-48-35-16-12-26(19-34(35)42)36(43)40-49(30,44)45/h12-13,15-16,20-21,27-28,31,33-35,40H,5-11,14,17-19,22-26H2,1-4H3,(H,43,46,47);2*12-13,15-16,18-19,27,29-32,37H,4-11,14,17,20-24H2,1-3H3,(H,40,43)/t27-,28+,31-,33?,34+,35+,40?,41-,52?;27-,29?,30+,31+,32+,37?,38-;27-,29?,30+,31+,32-,37?,38-/m000/s1. The van der Waals surface area contributed by atoms with E-state index in [0.29, 0.717) is 144 Å². The second-order valence-corrected chi connectivity index (χ2v) is 54.8. The normalized spacial score (nSPS) is 34.1. The largest absolute Gasteiger partial charge is 0.490 e. The summed E-state index contributed by atoms with van der Waals surface area (Å²) in [5, 5.41) is 0.711. The smallest absolute Gasteiger partial charge is 0.264 e. The zero-order valence-corrected chi connectivity index (χ0v) is 94.5. The number of hydrogen-bond donors (Lipinski definition) is 3. The van der Waals surface area contributed by atoms with Gasteiger partial charge in [-0.1, -0.05) is 106 Å². The van der Waals surface area contributed by atoms with Gasteiger partial charge in [-0.3, -0.25) is 24.0 Å². The summed E-state index contributed by atoms with van der Waals surface area (Å²) in [6, 6.07) is 36.0. The zero-order chi connectivity index (χ0) is 105. The number of benzene rings is 6. The van der Waals surface area contributed by atoms with Gasteiger partial charge in [-0.15, -0.1) is 0 Å². The Morgan fingerprint density at radius 2 is 0.740 bits per heavy atom. The summed E-state index contributed by atoms with van der Waals surface area (Å²) >= 11 is 19.4. The summed E-state index contributed by atoms with van der Waals surface area (Å²) in [6.45, 7) is 19.6. The number of halogens is 3. The highest BCUT2D eigenvalue weighted by Gasteiger charge is 2.53. The van der Waals surface area contributed by atoms with Gasteiger partial charge in [0.2, 0.25) is 20.0 Å². The quantitative estimate of drug-likeness (QED) is 0.102. The molecular weight excluding hydrogens is 2020 g/mol. The fourth-order valence-electron chi connectivity index (χ4n) is 27.8. The SMILES string of the molecule is C=S1(=O)NC(=O)c2ccc3c(c2)N(C[C@@H]2CC[C@H]2[C@H](C2OCC(N(C)CCOC)CO2)CCC[C@H](C)[C@H]1C)C[C@@]1(CCCc2cc(Cl)ccc21)CO3.CC[C@@H]1CCCC[C@@H](C2OCC(N(C)C)CO2)[C@@H]2CC[C@H]2CN2C[C@@]3(CCCc4cc(Cl)ccc43)COc3ccc(cc32)C(=O)NS1(=O)=O.CC[C@@H]1CCCC[C@H](C2OCC(N(C)C)CO2)[C@@H]2CC[C@H]2CN2C[C@@]3(CCCc4cc(Cl)ccc43)COc3ccc(cc32)C(=O)NS1(=O)=O. The number of amides is 3. The second-order valence-electron chi connectivity index (χ2n) is 47.2. The number of sulfonamides is 2. The molecule has 3 amide bonds. The molecule has 6 bridgehead atoms. The molecule has 822 valence electrons. The Balaban J connectivity index is 0.000000141. The third kappa shape index (κ3) is 24.3. The summed E-state index contributed by atoms with van der Waals surface area (Å²) in [5.41, 5.74) is 10.8. The third-order valence-corrected chi connectivity index (χ3v) is 44.3. The van der Waals surface area contributed by atoms with Gasteiger partial charge in [0.05, 0.1) is 121 Å². The van der Waals surface area contributed by atoms with Crippen molar-refractivity contribution in [2.45, 2.75) is 276 Å². The highest BCUT2D eigenvalue weighted by atomic mass is 35.5. The van der Waals surface area contributed by atoms with E-state index in [-0.39, 0.29) is 88.1 Å². The number of rotatable bonds is 11. The van der Waals surface area contributed by atoms with E-state index in [9.17, 15) is 35.4 Å². The number of aryl methyl sites for hydroxylation is 3. The lowest BCUT2D eigenvalue weighted by atomic mass is 9.64. The average molecular weight is 2190 g/mol. The molecule has 15 aliphatic rings. The minimum absolute atomic E-state index is 0.114. The van der Waals surface area contributed by atoms with Gasteiger partial charge in [-0.05, 0) is 362 Å². The van der Waals surface area contributed by atoms with Crippen molar-refractivity contribution >= 4 is 105 Å². The van der Waals surface area contributed by atoms with Crippen molar-refractivity contribution in [3.63, 3.8) is 0 Å². The van der Waals surface area contributed by atoms with E-state index >= 15 is 0 Å². The average Bonchev–Trinajstić information content (AvgIpc) is 1.53. The van der Waals surface area contributed by atoms with E-state index in [1.165, 1.54) is 33.4 Å².